The molecule has 0 saturated heterocycles. The molecule has 2 N–H and O–H groups in total. The van der Waals surface area contributed by atoms with E-state index in [1.165, 1.54) is 37.7 Å². The summed E-state index contributed by atoms with van der Waals surface area (Å²) in [6.07, 6.45) is 12.7. The summed E-state index contributed by atoms with van der Waals surface area (Å²) in [5.41, 5.74) is 2.26. The molecule has 3 fully saturated rings. The zero-order valence-corrected chi connectivity index (χ0v) is 26.7. The molecule has 0 heterocycles. The van der Waals surface area contributed by atoms with Gasteiger partial charge in [0.2, 0.25) is 0 Å². The number of hydrogen-bond acceptors (Lipinski definition) is 2. The van der Waals surface area contributed by atoms with Crippen molar-refractivity contribution in [1.29, 1.82) is 0 Å². The molecule has 1 radical (unpaired) electrons. The second-order valence-electron chi connectivity index (χ2n) is 14.3. The van der Waals surface area contributed by atoms with Gasteiger partial charge in [-0.2, -0.15) is 6.42 Å². The smallest absolute Gasteiger partial charge is 0.0564 e. The molecule has 3 heteroatoms. The summed E-state index contributed by atoms with van der Waals surface area (Å²) >= 11 is 0. The van der Waals surface area contributed by atoms with Crippen LogP contribution in [0.15, 0.2) is 11.6 Å². The normalized spacial score (nSPS) is 38.4. The van der Waals surface area contributed by atoms with E-state index in [1.54, 1.807) is 0 Å². The van der Waals surface area contributed by atoms with E-state index in [9.17, 15) is 10.2 Å². The molecule has 3 saturated carbocycles. The van der Waals surface area contributed by atoms with Gasteiger partial charge in [0.25, 0.3) is 0 Å². The van der Waals surface area contributed by atoms with Crippen molar-refractivity contribution >= 4 is 0 Å². The first kappa shape index (κ1) is 30.9. The standard InChI is InChI=1S/C31H55O2.Y/c1-20(22(3)30(7,8)29(4,5)6)21(2)27-14-15-28-24(11-10-16-31(27,28)9)13-12-23-17-25(32)19-26(33)18-23;/h12,17,20-22,24-28,32-33H,10-11,13-16,18-19H2,1-9H3;/q-1;/b23-12+;/t20?,21?,22?,24?,25-,26-,27?,28?,31?;/m1./s1. The van der Waals surface area contributed by atoms with Crippen LogP contribution in [-0.4, -0.2) is 22.4 Å². The Morgan fingerprint density at radius 1 is 1.06 bits per heavy atom. The summed E-state index contributed by atoms with van der Waals surface area (Å²) in [4.78, 5) is 0. The Balaban J connectivity index is 0.00000408. The van der Waals surface area contributed by atoms with E-state index in [-0.39, 0.29) is 38.8 Å². The van der Waals surface area contributed by atoms with Crippen molar-refractivity contribution < 1.29 is 42.9 Å². The third kappa shape index (κ3) is 6.19. The van der Waals surface area contributed by atoms with Crippen LogP contribution < -0.4 is 0 Å². The molecule has 9 atom stereocenters. The summed E-state index contributed by atoms with van der Waals surface area (Å²) in [5, 5.41) is 20.1. The van der Waals surface area contributed by atoms with E-state index in [2.05, 4.69) is 68.4 Å². The third-order valence-corrected chi connectivity index (χ3v) is 11.7. The SMILES string of the molecule is CC(C(C)C(C)C(C)(C)C(C)(C)C)C1CCC2C(C/C=C3\[CH-][C@@H](O)C[C@H](O)C3)CCCC21C.[Y]. The maximum Gasteiger partial charge on any atom is 0.0564 e. The van der Waals surface area contributed by atoms with Crippen molar-refractivity contribution in [2.75, 3.05) is 0 Å². The van der Waals surface area contributed by atoms with Crippen molar-refractivity contribution in [2.24, 2.45) is 51.8 Å². The Labute approximate surface area is 237 Å². The molecule has 3 rings (SSSR count). The molecule has 34 heavy (non-hydrogen) atoms. The monoisotopic (exact) mass is 548 g/mol. The second-order valence-corrected chi connectivity index (χ2v) is 14.3. The van der Waals surface area contributed by atoms with Gasteiger partial charge in [-0.05, 0) is 83.9 Å². The molecule has 3 aliphatic carbocycles. The van der Waals surface area contributed by atoms with Crippen LogP contribution in [0.3, 0.4) is 0 Å². The van der Waals surface area contributed by atoms with Gasteiger partial charge in [-0.1, -0.05) is 81.6 Å². The van der Waals surface area contributed by atoms with Gasteiger partial charge < -0.3 is 10.2 Å². The fourth-order valence-electron chi connectivity index (χ4n) is 8.16. The summed E-state index contributed by atoms with van der Waals surface area (Å²) in [6.45, 7) is 22.5. The van der Waals surface area contributed by atoms with E-state index in [0.29, 0.717) is 35.0 Å². The fraction of sp³-hybridized carbons (Fsp3) is 0.903. The quantitative estimate of drug-likeness (QED) is 0.332. The van der Waals surface area contributed by atoms with Crippen molar-refractivity contribution in [3.8, 4) is 0 Å². The van der Waals surface area contributed by atoms with Crippen molar-refractivity contribution in [1.82, 2.24) is 0 Å². The number of aliphatic hydroxyl groups excluding tert-OH is 2. The molecule has 0 amide bonds. The fourth-order valence-corrected chi connectivity index (χ4v) is 8.16. The Morgan fingerprint density at radius 2 is 1.71 bits per heavy atom. The van der Waals surface area contributed by atoms with Gasteiger partial charge in [0.1, 0.15) is 0 Å². The molecule has 0 aliphatic heterocycles. The van der Waals surface area contributed by atoms with Gasteiger partial charge >= 0.3 is 0 Å². The predicted molar refractivity (Wildman–Crippen MR) is 141 cm³/mol. The van der Waals surface area contributed by atoms with Crippen molar-refractivity contribution in [3.05, 3.63) is 18.1 Å². The van der Waals surface area contributed by atoms with E-state index < -0.39 is 6.10 Å². The van der Waals surface area contributed by atoms with E-state index in [1.807, 2.05) is 6.42 Å². The summed E-state index contributed by atoms with van der Waals surface area (Å²) in [6, 6.07) is 0. The van der Waals surface area contributed by atoms with Gasteiger partial charge in [0.05, 0.1) is 6.10 Å². The molecule has 3 aliphatic rings. The summed E-state index contributed by atoms with van der Waals surface area (Å²) in [5.74, 6) is 4.59. The second kappa shape index (κ2) is 11.6. The van der Waals surface area contributed by atoms with Crippen LogP contribution in [-0.2, 0) is 32.7 Å². The van der Waals surface area contributed by atoms with Crippen LogP contribution in [0.5, 0.6) is 0 Å². The first-order chi connectivity index (χ1) is 15.2. The van der Waals surface area contributed by atoms with Crippen LogP contribution in [0.1, 0.15) is 114 Å². The Kier molecular flexibility index (Phi) is 10.5. The minimum atomic E-state index is -0.478. The zero-order chi connectivity index (χ0) is 24.8. The maximum atomic E-state index is 10.1. The zero-order valence-electron chi connectivity index (χ0n) is 23.9. The number of aliphatic hydroxyl groups is 2. The molecule has 0 bridgehead atoms. The van der Waals surface area contributed by atoms with Crippen LogP contribution in [0.4, 0.5) is 0 Å². The molecule has 0 spiro atoms. The van der Waals surface area contributed by atoms with Crippen LogP contribution in [0, 0.1) is 58.2 Å². The predicted octanol–water partition coefficient (Wildman–Crippen LogP) is 7.83. The first-order valence-electron chi connectivity index (χ1n) is 14.1. The third-order valence-electron chi connectivity index (χ3n) is 11.7. The summed E-state index contributed by atoms with van der Waals surface area (Å²) < 4.78 is 0. The Hall–Kier alpha value is 0.634. The Morgan fingerprint density at radius 3 is 2.29 bits per heavy atom. The minimum Gasteiger partial charge on any atom is -0.407 e. The van der Waals surface area contributed by atoms with Crippen molar-refractivity contribution in [3.63, 3.8) is 0 Å². The van der Waals surface area contributed by atoms with E-state index in [0.717, 1.165) is 36.0 Å². The molecule has 0 aromatic carbocycles. The van der Waals surface area contributed by atoms with Gasteiger partial charge in [-0.3, -0.25) is 0 Å². The molecule has 2 nitrogen and oxygen atoms in total. The molecule has 7 unspecified atom stereocenters. The minimum absolute atomic E-state index is 0. The average Bonchev–Trinajstić information content (AvgIpc) is 3.06. The van der Waals surface area contributed by atoms with Gasteiger partial charge in [0.15, 0.2) is 0 Å². The molecule has 0 aromatic heterocycles. The number of rotatable bonds is 6. The van der Waals surface area contributed by atoms with Crippen LogP contribution in [0.2, 0.25) is 0 Å². The van der Waals surface area contributed by atoms with Crippen LogP contribution in [0.25, 0.3) is 0 Å². The van der Waals surface area contributed by atoms with Gasteiger partial charge in [-0.15, -0.1) is 0 Å². The largest absolute Gasteiger partial charge is 0.407 e. The molecule has 195 valence electrons. The number of fused-ring (bicyclic) bond motifs is 1. The number of allylic oxidation sites excluding steroid dienone is 1. The van der Waals surface area contributed by atoms with Gasteiger partial charge in [0, 0.05) is 38.8 Å². The van der Waals surface area contributed by atoms with E-state index in [4.69, 9.17) is 0 Å². The molecular weight excluding hydrogens is 493 g/mol. The average molecular weight is 549 g/mol. The summed E-state index contributed by atoms with van der Waals surface area (Å²) in [7, 11) is 0. The van der Waals surface area contributed by atoms with E-state index >= 15 is 0 Å². The molecule has 0 aromatic rings. The van der Waals surface area contributed by atoms with Crippen molar-refractivity contribution in [2.45, 2.75) is 126 Å². The number of hydrogen-bond donors (Lipinski definition) is 2. The topological polar surface area (TPSA) is 40.5 Å². The Bertz CT molecular complexity index is 680. The molecular formula is C31H55O2Y-. The van der Waals surface area contributed by atoms with Gasteiger partial charge in [-0.25, -0.2) is 11.6 Å². The maximum absolute atomic E-state index is 10.1. The first-order valence-corrected chi connectivity index (χ1v) is 14.1. The van der Waals surface area contributed by atoms with Crippen LogP contribution >= 0.6 is 0 Å².